The van der Waals surface area contributed by atoms with Gasteiger partial charge in [-0.05, 0) is 18.6 Å². The number of fused-ring (bicyclic) bond motifs is 1. The minimum atomic E-state index is -4.80. The lowest BCUT2D eigenvalue weighted by atomic mass is 9.92. The standard InChI is InChI=1S/C39H58N7O9P/c1-2-3-4-5-6-7-8-9-10-11-12-13-14-15-16-17-20-51-25-32(54-31-21-30(22-40)23-43-24-31)26-52-56(49,50)53-27-34-36(47)37(48)39(28-41,55-34)35-19-18-33-38(42)44-29-45-46(33)35/h18-19,21,23-24,29,32,34,36-37,47-48H,2-17,20,25-27H2,1H3,(H,49,50)(H2,42,44,45)/t32-,34-,36-,37-,39+/m1/s1. The van der Waals surface area contributed by atoms with Crippen LogP contribution in [0.2, 0.25) is 0 Å². The molecular formula is C39H58N7O9P. The molecule has 0 aromatic carbocycles. The first-order valence-corrected chi connectivity index (χ1v) is 21.4. The average Bonchev–Trinajstić information content (AvgIpc) is 3.75. The van der Waals surface area contributed by atoms with Gasteiger partial charge in [-0.15, -0.1) is 0 Å². The number of nitrogens with zero attached hydrogens (tertiary/aromatic N) is 6. The Kier molecular flexibility index (Phi) is 18.9. The molecule has 308 valence electrons. The van der Waals surface area contributed by atoms with Crippen LogP contribution in [-0.2, 0) is 28.7 Å². The molecule has 1 aliphatic rings. The summed E-state index contributed by atoms with van der Waals surface area (Å²) in [4.78, 5) is 18.4. The molecular weight excluding hydrogens is 741 g/mol. The molecule has 1 fully saturated rings. The zero-order chi connectivity index (χ0) is 40.2. The molecule has 4 rings (SSSR count). The second kappa shape index (κ2) is 23.5. The van der Waals surface area contributed by atoms with Gasteiger partial charge in [-0.25, -0.2) is 14.1 Å². The third kappa shape index (κ3) is 13.5. The number of nitrogen functional groups attached to an aromatic ring is 1. The smallest absolute Gasteiger partial charge is 0.472 e. The predicted octanol–water partition coefficient (Wildman–Crippen LogP) is 6.28. The van der Waals surface area contributed by atoms with Gasteiger partial charge in [0.1, 0.15) is 54.1 Å². The van der Waals surface area contributed by atoms with Crippen molar-refractivity contribution in [3.8, 4) is 17.9 Å². The number of ether oxygens (including phenoxy) is 3. The lowest BCUT2D eigenvalue weighted by Gasteiger charge is -2.24. The van der Waals surface area contributed by atoms with Gasteiger partial charge in [0.15, 0.2) is 5.82 Å². The van der Waals surface area contributed by atoms with Crippen molar-refractivity contribution in [2.45, 2.75) is 140 Å². The molecule has 4 heterocycles. The SMILES string of the molecule is CCCCCCCCCCCCCCCCCCOC[C@H](COP(=O)(O)OC[C@H]1O[C@@](C#N)(c2ccc3c(N)ncnn23)[C@H](O)[C@@H]1O)Oc1cncc(C#N)c1. The van der Waals surface area contributed by atoms with Crippen LogP contribution in [0.4, 0.5) is 5.82 Å². The zero-order valence-electron chi connectivity index (χ0n) is 32.4. The van der Waals surface area contributed by atoms with E-state index in [4.69, 9.17) is 29.0 Å². The Bertz CT molecular complexity index is 1750. The number of hydrogen-bond donors (Lipinski definition) is 4. The van der Waals surface area contributed by atoms with E-state index in [9.17, 15) is 30.2 Å². The van der Waals surface area contributed by atoms with Crippen molar-refractivity contribution < 1.29 is 42.9 Å². The van der Waals surface area contributed by atoms with Crippen LogP contribution >= 0.6 is 7.82 Å². The van der Waals surface area contributed by atoms with Crippen LogP contribution in [0.25, 0.3) is 5.52 Å². The number of aliphatic hydroxyl groups is 2. The van der Waals surface area contributed by atoms with Gasteiger partial charge in [0, 0.05) is 18.9 Å². The topological polar surface area (TPSA) is 241 Å². The molecule has 17 heteroatoms. The molecule has 0 saturated carbocycles. The van der Waals surface area contributed by atoms with Gasteiger partial charge < -0.3 is 35.1 Å². The molecule has 56 heavy (non-hydrogen) atoms. The summed E-state index contributed by atoms with van der Waals surface area (Å²) in [5.74, 6) is 0.360. The Hall–Kier alpha value is -3.70. The number of aromatic nitrogens is 4. The van der Waals surface area contributed by atoms with E-state index in [2.05, 4.69) is 22.0 Å². The molecule has 1 saturated heterocycles. The zero-order valence-corrected chi connectivity index (χ0v) is 33.3. The van der Waals surface area contributed by atoms with Gasteiger partial charge in [0.05, 0.1) is 37.3 Å². The molecule has 0 bridgehead atoms. The number of unbranched alkanes of at least 4 members (excludes halogenated alkanes) is 15. The summed E-state index contributed by atoms with van der Waals surface area (Å²) in [6, 6.07) is 8.35. The molecule has 1 aliphatic heterocycles. The maximum Gasteiger partial charge on any atom is 0.472 e. The number of nitriles is 2. The molecule has 0 spiro atoms. The average molecular weight is 800 g/mol. The number of phosphoric ester groups is 1. The van der Waals surface area contributed by atoms with E-state index in [0.29, 0.717) is 12.1 Å². The fraction of sp³-hybridized carbons (Fsp3) is 0.667. The number of hydrogen-bond acceptors (Lipinski definition) is 14. The van der Waals surface area contributed by atoms with Gasteiger partial charge in [-0.1, -0.05) is 103 Å². The minimum Gasteiger partial charge on any atom is -0.484 e. The van der Waals surface area contributed by atoms with Crippen molar-refractivity contribution in [2.75, 3.05) is 32.2 Å². The normalized spacial score (nSPS) is 21.1. The van der Waals surface area contributed by atoms with Crippen molar-refractivity contribution in [3.05, 3.63) is 48.2 Å². The molecule has 1 unspecified atom stereocenters. The molecule has 3 aromatic rings. The van der Waals surface area contributed by atoms with Gasteiger partial charge in [0.25, 0.3) is 0 Å². The van der Waals surface area contributed by atoms with Crippen LogP contribution in [0.1, 0.15) is 121 Å². The van der Waals surface area contributed by atoms with Crippen molar-refractivity contribution in [1.29, 1.82) is 10.5 Å². The van der Waals surface area contributed by atoms with Crippen molar-refractivity contribution in [2.24, 2.45) is 0 Å². The first-order chi connectivity index (χ1) is 27.1. The Labute approximate surface area is 329 Å². The highest BCUT2D eigenvalue weighted by Gasteiger charge is 2.58. The highest BCUT2D eigenvalue weighted by molar-refractivity contribution is 7.47. The lowest BCUT2D eigenvalue weighted by Crippen LogP contribution is -2.41. The maximum atomic E-state index is 13.0. The van der Waals surface area contributed by atoms with Crippen LogP contribution in [0.3, 0.4) is 0 Å². The van der Waals surface area contributed by atoms with Crippen LogP contribution < -0.4 is 10.5 Å². The first-order valence-electron chi connectivity index (χ1n) is 19.9. The predicted molar refractivity (Wildman–Crippen MR) is 207 cm³/mol. The van der Waals surface area contributed by atoms with Gasteiger partial charge >= 0.3 is 7.82 Å². The Morgan fingerprint density at radius 1 is 0.946 bits per heavy atom. The number of aliphatic hydroxyl groups excluding tert-OH is 2. The molecule has 3 aromatic heterocycles. The van der Waals surface area contributed by atoms with Crippen molar-refractivity contribution >= 4 is 19.2 Å². The summed E-state index contributed by atoms with van der Waals surface area (Å²) < 4.78 is 42.2. The molecule has 5 N–H and O–H groups in total. The van der Waals surface area contributed by atoms with E-state index >= 15 is 0 Å². The van der Waals surface area contributed by atoms with Gasteiger partial charge in [0.2, 0.25) is 5.60 Å². The highest BCUT2D eigenvalue weighted by Crippen LogP contribution is 2.46. The second-order valence-electron chi connectivity index (χ2n) is 14.3. The van der Waals surface area contributed by atoms with Gasteiger partial charge in [-0.3, -0.25) is 14.0 Å². The van der Waals surface area contributed by atoms with Gasteiger partial charge in [-0.2, -0.15) is 15.6 Å². The van der Waals surface area contributed by atoms with Crippen LogP contribution in [0.5, 0.6) is 5.75 Å². The Morgan fingerprint density at radius 3 is 2.21 bits per heavy atom. The van der Waals surface area contributed by atoms with E-state index in [1.165, 1.54) is 119 Å². The summed E-state index contributed by atoms with van der Waals surface area (Å²) in [5.41, 5.74) is 4.46. The molecule has 0 amide bonds. The van der Waals surface area contributed by atoms with Crippen LogP contribution in [0.15, 0.2) is 36.9 Å². The fourth-order valence-corrected chi connectivity index (χ4v) is 7.52. The van der Waals surface area contributed by atoms with E-state index in [1.54, 1.807) is 0 Å². The Morgan fingerprint density at radius 2 is 1.59 bits per heavy atom. The van der Waals surface area contributed by atoms with E-state index in [-0.39, 0.29) is 29.4 Å². The van der Waals surface area contributed by atoms with Crippen molar-refractivity contribution in [1.82, 2.24) is 19.6 Å². The van der Waals surface area contributed by atoms with Crippen LogP contribution in [-0.4, -0.2) is 85.5 Å². The highest BCUT2D eigenvalue weighted by atomic mass is 31.2. The summed E-state index contributed by atoms with van der Waals surface area (Å²) >= 11 is 0. The van der Waals surface area contributed by atoms with E-state index < -0.39 is 51.1 Å². The summed E-state index contributed by atoms with van der Waals surface area (Å²) in [7, 11) is -4.80. The van der Waals surface area contributed by atoms with E-state index in [1.807, 2.05) is 12.1 Å². The number of nitrogens with two attached hydrogens (primary N) is 1. The maximum absolute atomic E-state index is 13.0. The lowest BCUT2D eigenvalue weighted by molar-refractivity contribution is -0.0651. The number of anilines is 1. The summed E-state index contributed by atoms with van der Waals surface area (Å²) in [6.45, 7) is 1.56. The molecule has 6 atom stereocenters. The number of phosphoric acid groups is 1. The largest absolute Gasteiger partial charge is 0.484 e. The molecule has 0 radical (unpaired) electrons. The number of rotatable bonds is 28. The quantitative estimate of drug-likeness (QED) is 0.0467. The minimum absolute atomic E-state index is 0.0101. The Balaban J connectivity index is 1.18. The second-order valence-corrected chi connectivity index (χ2v) is 15.8. The number of pyridine rings is 1. The summed E-state index contributed by atoms with van der Waals surface area (Å²) in [6.07, 6.45) is 18.4. The fourth-order valence-electron chi connectivity index (χ4n) is 6.75. The first kappa shape index (κ1) is 45.0. The van der Waals surface area contributed by atoms with Crippen molar-refractivity contribution in [3.63, 3.8) is 0 Å². The van der Waals surface area contributed by atoms with Crippen LogP contribution in [0, 0.1) is 22.7 Å². The third-order valence-corrected chi connectivity index (χ3v) is 10.9. The monoisotopic (exact) mass is 799 g/mol. The summed E-state index contributed by atoms with van der Waals surface area (Å²) in [5, 5.41) is 45.2. The molecule has 0 aliphatic carbocycles. The third-order valence-electron chi connectivity index (χ3n) is 9.90. The molecule has 16 nitrogen and oxygen atoms in total. The van der Waals surface area contributed by atoms with E-state index in [0.717, 1.165) is 25.6 Å².